The number of para-hydroxylation sites is 2. The molecule has 2 aromatic rings. The molecule has 0 spiro atoms. The molecule has 0 saturated heterocycles. The SMILES string of the molecule is CNc1nc(C2COc3ccccc3O2)ncc1Br. The van der Waals surface area contributed by atoms with Crippen molar-refractivity contribution in [3.05, 3.63) is 40.8 Å². The smallest absolute Gasteiger partial charge is 0.192 e. The third kappa shape index (κ3) is 2.35. The van der Waals surface area contributed by atoms with Crippen LogP contribution >= 0.6 is 15.9 Å². The first-order valence-corrected chi connectivity index (χ1v) is 6.66. The van der Waals surface area contributed by atoms with Crippen molar-refractivity contribution in [1.29, 1.82) is 0 Å². The van der Waals surface area contributed by atoms with E-state index < -0.39 is 0 Å². The summed E-state index contributed by atoms with van der Waals surface area (Å²) in [6.45, 7) is 0.405. The lowest BCUT2D eigenvalue weighted by atomic mass is 10.2. The summed E-state index contributed by atoms with van der Waals surface area (Å²) in [5, 5.41) is 3.00. The molecule has 1 atom stereocenters. The largest absolute Gasteiger partial charge is 0.485 e. The third-order valence-electron chi connectivity index (χ3n) is 2.80. The highest BCUT2D eigenvalue weighted by molar-refractivity contribution is 9.10. The van der Waals surface area contributed by atoms with E-state index in [0.717, 1.165) is 21.8 Å². The van der Waals surface area contributed by atoms with Crippen LogP contribution in [0.3, 0.4) is 0 Å². The van der Waals surface area contributed by atoms with Gasteiger partial charge >= 0.3 is 0 Å². The number of rotatable bonds is 2. The Balaban J connectivity index is 1.89. The first-order valence-electron chi connectivity index (χ1n) is 5.86. The molecule has 0 saturated carbocycles. The molecule has 0 radical (unpaired) electrons. The lowest BCUT2D eigenvalue weighted by Crippen LogP contribution is -2.23. The number of fused-ring (bicyclic) bond motifs is 1. The molecule has 19 heavy (non-hydrogen) atoms. The molecule has 5 nitrogen and oxygen atoms in total. The number of aromatic nitrogens is 2. The van der Waals surface area contributed by atoms with Crippen LogP contribution in [0.5, 0.6) is 11.5 Å². The van der Waals surface area contributed by atoms with Crippen molar-refractivity contribution in [3.63, 3.8) is 0 Å². The van der Waals surface area contributed by atoms with E-state index in [-0.39, 0.29) is 6.10 Å². The predicted molar refractivity (Wildman–Crippen MR) is 74.6 cm³/mol. The Hall–Kier alpha value is -1.82. The number of ether oxygens (including phenoxy) is 2. The predicted octanol–water partition coefficient (Wildman–Crippen LogP) is 2.79. The molecule has 3 rings (SSSR count). The molecule has 0 amide bonds. The molecule has 1 aromatic heterocycles. The van der Waals surface area contributed by atoms with Gasteiger partial charge in [-0.3, -0.25) is 0 Å². The van der Waals surface area contributed by atoms with Crippen molar-refractivity contribution in [2.24, 2.45) is 0 Å². The van der Waals surface area contributed by atoms with Crippen LogP contribution in [0.2, 0.25) is 0 Å². The molecule has 1 aliphatic heterocycles. The zero-order valence-electron chi connectivity index (χ0n) is 10.3. The van der Waals surface area contributed by atoms with E-state index in [1.807, 2.05) is 31.3 Å². The van der Waals surface area contributed by atoms with Gasteiger partial charge in [0.2, 0.25) is 0 Å². The first-order chi connectivity index (χ1) is 9.28. The molecule has 0 aliphatic carbocycles. The molecule has 0 bridgehead atoms. The van der Waals surface area contributed by atoms with E-state index in [1.165, 1.54) is 0 Å². The second-order valence-corrected chi connectivity index (χ2v) is 4.89. The van der Waals surface area contributed by atoms with Gasteiger partial charge in [0.05, 0.1) is 4.47 Å². The molecule has 6 heteroatoms. The zero-order chi connectivity index (χ0) is 13.2. The standard InChI is InChI=1S/C13H12BrN3O2/c1-15-12-8(14)6-16-13(17-12)11-7-18-9-4-2-3-5-10(9)19-11/h2-6,11H,7H2,1H3,(H,15,16,17). The number of nitrogens with zero attached hydrogens (tertiary/aromatic N) is 2. The Kier molecular flexibility index (Phi) is 3.25. The van der Waals surface area contributed by atoms with E-state index >= 15 is 0 Å². The quantitative estimate of drug-likeness (QED) is 0.921. The summed E-state index contributed by atoms with van der Waals surface area (Å²) in [5.74, 6) is 2.80. The van der Waals surface area contributed by atoms with Crippen LogP contribution < -0.4 is 14.8 Å². The molecule has 98 valence electrons. The Bertz CT molecular complexity index is 606. The molecule has 0 fully saturated rings. The van der Waals surface area contributed by atoms with Crippen molar-refractivity contribution in [3.8, 4) is 11.5 Å². The van der Waals surface area contributed by atoms with E-state index in [9.17, 15) is 0 Å². The maximum absolute atomic E-state index is 5.86. The minimum Gasteiger partial charge on any atom is -0.485 e. The van der Waals surface area contributed by atoms with Crippen molar-refractivity contribution in [2.45, 2.75) is 6.10 Å². The van der Waals surface area contributed by atoms with Gasteiger partial charge in [-0.1, -0.05) is 12.1 Å². The third-order valence-corrected chi connectivity index (χ3v) is 3.38. The van der Waals surface area contributed by atoms with Crippen molar-refractivity contribution < 1.29 is 9.47 Å². The number of hydrogen-bond donors (Lipinski definition) is 1. The summed E-state index contributed by atoms with van der Waals surface area (Å²) in [6, 6.07) is 7.58. The number of hydrogen-bond acceptors (Lipinski definition) is 5. The Morgan fingerprint density at radius 2 is 2.11 bits per heavy atom. The van der Waals surface area contributed by atoms with Crippen LogP contribution in [0.1, 0.15) is 11.9 Å². The molecule has 1 N–H and O–H groups in total. The molecular formula is C13H12BrN3O2. The van der Waals surface area contributed by atoms with E-state index in [0.29, 0.717) is 12.4 Å². The highest BCUT2D eigenvalue weighted by Crippen LogP contribution is 2.35. The molecule has 1 aliphatic rings. The van der Waals surface area contributed by atoms with E-state index in [1.54, 1.807) is 6.20 Å². The van der Waals surface area contributed by atoms with Crippen molar-refractivity contribution >= 4 is 21.7 Å². The van der Waals surface area contributed by atoms with Gasteiger partial charge in [0.15, 0.2) is 23.4 Å². The second kappa shape index (κ2) is 5.05. The van der Waals surface area contributed by atoms with Gasteiger partial charge in [-0.25, -0.2) is 9.97 Å². The number of benzene rings is 1. The van der Waals surface area contributed by atoms with Gasteiger partial charge in [0.1, 0.15) is 12.4 Å². The van der Waals surface area contributed by atoms with Crippen LogP contribution in [0.4, 0.5) is 5.82 Å². The van der Waals surface area contributed by atoms with Gasteiger partial charge in [-0.15, -0.1) is 0 Å². The van der Waals surface area contributed by atoms with Crippen molar-refractivity contribution in [2.75, 3.05) is 19.0 Å². The number of nitrogens with one attached hydrogen (secondary N) is 1. The lowest BCUT2D eigenvalue weighted by molar-refractivity contribution is 0.0851. The van der Waals surface area contributed by atoms with Gasteiger partial charge in [0.25, 0.3) is 0 Å². The van der Waals surface area contributed by atoms with Crippen molar-refractivity contribution in [1.82, 2.24) is 9.97 Å². The fourth-order valence-electron chi connectivity index (χ4n) is 1.86. The van der Waals surface area contributed by atoms with Crippen LogP contribution in [0.15, 0.2) is 34.9 Å². The topological polar surface area (TPSA) is 56.3 Å². The zero-order valence-corrected chi connectivity index (χ0v) is 11.8. The Morgan fingerprint density at radius 3 is 2.89 bits per heavy atom. The second-order valence-electron chi connectivity index (χ2n) is 4.04. The maximum Gasteiger partial charge on any atom is 0.192 e. The number of halogens is 1. The van der Waals surface area contributed by atoms with Gasteiger partial charge < -0.3 is 14.8 Å². The summed E-state index contributed by atoms with van der Waals surface area (Å²) in [5.41, 5.74) is 0. The minimum absolute atomic E-state index is 0.296. The molecule has 1 aromatic carbocycles. The summed E-state index contributed by atoms with van der Waals surface area (Å²) in [7, 11) is 1.81. The maximum atomic E-state index is 5.86. The fraction of sp³-hybridized carbons (Fsp3) is 0.231. The highest BCUT2D eigenvalue weighted by atomic mass is 79.9. The van der Waals surface area contributed by atoms with Gasteiger partial charge in [0, 0.05) is 13.2 Å². The van der Waals surface area contributed by atoms with E-state index in [4.69, 9.17) is 9.47 Å². The summed E-state index contributed by atoms with van der Waals surface area (Å²) in [4.78, 5) is 8.69. The van der Waals surface area contributed by atoms with Crippen LogP contribution in [0.25, 0.3) is 0 Å². The molecule has 1 unspecified atom stereocenters. The van der Waals surface area contributed by atoms with Gasteiger partial charge in [-0.05, 0) is 28.1 Å². The minimum atomic E-state index is -0.296. The average molecular weight is 322 g/mol. The Morgan fingerprint density at radius 1 is 1.32 bits per heavy atom. The monoisotopic (exact) mass is 321 g/mol. The summed E-state index contributed by atoms with van der Waals surface area (Å²) in [6.07, 6.45) is 1.41. The number of anilines is 1. The van der Waals surface area contributed by atoms with Crippen LogP contribution in [-0.4, -0.2) is 23.6 Å². The fourth-order valence-corrected chi connectivity index (χ4v) is 2.25. The highest BCUT2D eigenvalue weighted by Gasteiger charge is 2.25. The molecular weight excluding hydrogens is 310 g/mol. The van der Waals surface area contributed by atoms with Gasteiger partial charge in [-0.2, -0.15) is 0 Å². The van der Waals surface area contributed by atoms with E-state index in [2.05, 4.69) is 31.2 Å². The van der Waals surface area contributed by atoms with Crippen LogP contribution in [0, 0.1) is 0 Å². The summed E-state index contributed by atoms with van der Waals surface area (Å²) >= 11 is 3.38. The van der Waals surface area contributed by atoms with Crippen LogP contribution in [-0.2, 0) is 0 Å². The Labute approximate surface area is 119 Å². The lowest BCUT2D eigenvalue weighted by Gasteiger charge is -2.25. The first kappa shape index (κ1) is 12.2. The summed E-state index contributed by atoms with van der Waals surface area (Å²) < 4.78 is 12.3. The average Bonchev–Trinajstić information content (AvgIpc) is 2.47. The normalized spacial score (nSPS) is 17.1. The molecule has 2 heterocycles.